The molecule has 0 saturated heterocycles. The Labute approximate surface area is 138 Å². The van der Waals surface area contributed by atoms with E-state index >= 15 is 0 Å². The van der Waals surface area contributed by atoms with Gasteiger partial charge in [-0.15, -0.1) is 5.10 Å². The number of hydrogen-bond acceptors (Lipinski definition) is 4. The molecule has 0 aliphatic heterocycles. The number of rotatable bonds is 7. The maximum Gasteiger partial charge on any atom is 0.343 e. The van der Waals surface area contributed by atoms with E-state index in [1.54, 1.807) is 28.8 Å². The zero-order valence-corrected chi connectivity index (χ0v) is 14.1. The second-order valence-electron chi connectivity index (χ2n) is 4.95. The van der Waals surface area contributed by atoms with Gasteiger partial charge < -0.3 is 0 Å². The Morgan fingerprint density at radius 1 is 1.41 bits per heavy atom. The zero-order valence-electron chi connectivity index (χ0n) is 12.5. The minimum Gasteiger partial charge on any atom is -0.293 e. The zero-order chi connectivity index (χ0) is 16.1. The van der Waals surface area contributed by atoms with Gasteiger partial charge in [-0.25, -0.2) is 9.89 Å². The van der Waals surface area contributed by atoms with Crippen molar-refractivity contribution in [3.8, 4) is 0 Å². The first-order chi connectivity index (χ1) is 10.5. The molecule has 1 N–H and O–H groups in total. The number of unbranched alkanes of at least 4 members (excludes halogenated alkanes) is 1. The third kappa shape index (κ3) is 4.01. The molecule has 118 valence electrons. The van der Waals surface area contributed by atoms with Crippen LogP contribution < -0.4 is 5.69 Å². The van der Waals surface area contributed by atoms with Gasteiger partial charge in [-0.2, -0.15) is 0 Å². The number of H-pyrrole nitrogens is 1. The number of carbonyl (C=O) groups excluding carboxylic acids is 1. The number of hydrogen-bond donors (Lipinski definition) is 1. The summed E-state index contributed by atoms with van der Waals surface area (Å²) in [6, 6.07) is 6.79. The molecule has 0 amide bonds. The van der Waals surface area contributed by atoms with E-state index in [0.29, 0.717) is 22.3 Å². The van der Waals surface area contributed by atoms with Crippen molar-refractivity contribution in [3.05, 3.63) is 45.3 Å². The van der Waals surface area contributed by atoms with Gasteiger partial charge in [0.05, 0.1) is 5.25 Å². The summed E-state index contributed by atoms with van der Waals surface area (Å²) in [5.41, 5.74) is 0.365. The van der Waals surface area contributed by atoms with Crippen molar-refractivity contribution in [2.75, 3.05) is 0 Å². The molecule has 1 aromatic carbocycles. The summed E-state index contributed by atoms with van der Waals surface area (Å²) in [5, 5.41) is 7.27. The first kappa shape index (κ1) is 16.8. The molecule has 0 saturated carbocycles. The number of benzene rings is 1. The van der Waals surface area contributed by atoms with Gasteiger partial charge in [0.15, 0.2) is 10.9 Å². The highest BCUT2D eigenvalue weighted by Gasteiger charge is 2.20. The smallest absolute Gasteiger partial charge is 0.293 e. The van der Waals surface area contributed by atoms with E-state index in [1.165, 1.54) is 11.8 Å². The van der Waals surface area contributed by atoms with Gasteiger partial charge in [-0.3, -0.25) is 9.36 Å². The van der Waals surface area contributed by atoms with E-state index in [-0.39, 0.29) is 16.7 Å². The number of aromatic amines is 1. The van der Waals surface area contributed by atoms with Crippen LogP contribution in [0.2, 0.25) is 5.02 Å². The Bertz CT molecular complexity index is 694. The van der Waals surface area contributed by atoms with Crippen LogP contribution in [0.4, 0.5) is 0 Å². The molecule has 1 unspecified atom stereocenters. The standard InChI is InChI=1S/C15H18ClN3O2S/c1-3-4-9-19-14(21)17-18-15(19)22-10(2)13(20)11-5-7-12(16)8-6-11/h5-8,10H,3-4,9H2,1-2H3,(H,17,21). The van der Waals surface area contributed by atoms with Crippen LogP contribution in [0.5, 0.6) is 0 Å². The van der Waals surface area contributed by atoms with Gasteiger partial charge in [0.2, 0.25) is 0 Å². The van der Waals surface area contributed by atoms with Crippen LogP contribution >= 0.6 is 23.4 Å². The fourth-order valence-electron chi connectivity index (χ4n) is 1.97. The minimum absolute atomic E-state index is 0.0147. The van der Waals surface area contributed by atoms with Crippen LogP contribution in [-0.4, -0.2) is 25.8 Å². The van der Waals surface area contributed by atoms with Gasteiger partial charge in [0.25, 0.3) is 0 Å². The lowest BCUT2D eigenvalue weighted by atomic mass is 10.1. The molecular weight excluding hydrogens is 322 g/mol. The van der Waals surface area contributed by atoms with Gasteiger partial charge >= 0.3 is 5.69 Å². The highest BCUT2D eigenvalue weighted by molar-refractivity contribution is 8.00. The van der Waals surface area contributed by atoms with Crippen molar-refractivity contribution in [1.29, 1.82) is 0 Å². The van der Waals surface area contributed by atoms with Crippen LogP contribution in [0.25, 0.3) is 0 Å². The van der Waals surface area contributed by atoms with Gasteiger partial charge in [-0.05, 0) is 37.6 Å². The van der Waals surface area contributed by atoms with Crippen LogP contribution in [0.3, 0.4) is 0 Å². The largest absolute Gasteiger partial charge is 0.343 e. The molecule has 7 heteroatoms. The average Bonchev–Trinajstić information content (AvgIpc) is 2.85. The topological polar surface area (TPSA) is 67.8 Å². The number of ketones is 1. The summed E-state index contributed by atoms with van der Waals surface area (Å²) in [7, 11) is 0. The molecule has 2 aromatic rings. The SMILES string of the molecule is CCCCn1c(SC(C)C(=O)c2ccc(Cl)cc2)n[nH]c1=O. The fraction of sp³-hybridized carbons (Fsp3) is 0.400. The van der Waals surface area contributed by atoms with Crippen LogP contribution in [0.15, 0.2) is 34.2 Å². The summed E-state index contributed by atoms with van der Waals surface area (Å²) < 4.78 is 1.58. The molecule has 0 fully saturated rings. The van der Waals surface area contributed by atoms with E-state index in [1.807, 2.05) is 6.92 Å². The highest BCUT2D eigenvalue weighted by atomic mass is 35.5. The van der Waals surface area contributed by atoms with E-state index < -0.39 is 0 Å². The minimum atomic E-state index is -0.336. The number of carbonyl (C=O) groups is 1. The predicted molar refractivity (Wildman–Crippen MR) is 88.9 cm³/mol. The average molecular weight is 340 g/mol. The number of Topliss-reactive ketones (excluding diaryl/α,β-unsaturated/α-hetero) is 1. The van der Waals surface area contributed by atoms with E-state index in [4.69, 9.17) is 11.6 Å². The van der Waals surface area contributed by atoms with E-state index in [2.05, 4.69) is 17.1 Å². The molecule has 1 heterocycles. The Morgan fingerprint density at radius 2 is 2.09 bits per heavy atom. The molecule has 2 rings (SSSR count). The second kappa shape index (κ2) is 7.65. The molecule has 0 bridgehead atoms. The monoisotopic (exact) mass is 339 g/mol. The lowest BCUT2D eigenvalue weighted by Crippen LogP contribution is -2.19. The predicted octanol–water partition coefficient (Wildman–Crippen LogP) is 3.39. The van der Waals surface area contributed by atoms with Crippen LogP contribution in [0, 0.1) is 0 Å². The number of thioether (sulfide) groups is 1. The number of nitrogens with zero attached hydrogens (tertiary/aromatic N) is 2. The lowest BCUT2D eigenvalue weighted by molar-refractivity contribution is 0.0994. The van der Waals surface area contributed by atoms with E-state index in [9.17, 15) is 9.59 Å². The third-order valence-electron chi connectivity index (χ3n) is 3.24. The summed E-state index contributed by atoms with van der Waals surface area (Å²) in [4.78, 5) is 24.1. The summed E-state index contributed by atoms with van der Waals surface area (Å²) in [6.45, 7) is 4.48. The Balaban J connectivity index is 2.11. The molecule has 0 aliphatic rings. The molecular formula is C15H18ClN3O2S. The molecule has 1 aromatic heterocycles. The first-order valence-corrected chi connectivity index (χ1v) is 8.40. The molecule has 5 nitrogen and oxygen atoms in total. The maximum atomic E-state index is 12.4. The van der Waals surface area contributed by atoms with Crippen molar-refractivity contribution in [2.24, 2.45) is 0 Å². The molecule has 22 heavy (non-hydrogen) atoms. The van der Waals surface area contributed by atoms with Crippen molar-refractivity contribution in [1.82, 2.24) is 14.8 Å². The number of halogens is 1. The summed E-state index contributed by atoms with van der Waals surface area (Å²) in [6.07, 6.45) is 1.88. The van der Waals surface area contributed by atoms with Crippen molar-refractivity contribution in [3.63, 3.8) is 0 Å². The van der Waals surface area contributed by atoms with Gasteiger partial charge in [0.1, 0.15) is 0 Å². The van der Waals surface area contributed by atoms with Crippen molar-refractivity contribution >= 4 is 29.1 Å². The van der Waals surface area contributed by atoms with Gasteiger partial charge in [-0.1, -0.05) is 36.7 Å². The third-order valence-corrected chi connectivity index (χ3v) is 4.58. The van der Waals surface area contributed by atoms with Crippen molar-refractivity contribution < 1.29 is 4.79 Å². The van der Waals surface area contributed by atoms with E-state index in [0.717, 1.165) is 12.8 Å². The van der Waals surface area contributed by atoms with Crippen LogP contribution in [-0.2, 0) is 6.54 Å². The quantitative estimate of drug-likeness (QED) is 0.620. The van der Waals surface area contributed by atoms with Gasteiger partial charge in [0, 0.05) is 17.1 Å². The fourth-order valence-corrected chi connectivity index (χ4v) is 3.05. The van der Waals surface area contributed by atoms with Crippen LogP contribution in [0.1, 0.15) is 37.0 Å². The summed E-state index contributed by atoms with van der Waals surface area (Å²) in [5.74, 6) is -0.0147. The maximum absolute atomic E-state index is 12.4. The normalized spacial score (nSPS) is 12.3. The molecule has 0 radical (unpaired) electrons. The number of nitrogens with one attached hydrogen (secondary N) is 1. The second-order valence-corrected chi connectivity index (χ2v) is 6.69. The highest BCUT2D eigenvalue weighted by Crippen LogP contribution is 2.23. The Kier molecular flexibility index (Phi) is 5.85. The molecule has 0 aliphatic carbocycles. The number of aromatic nitrogens is 3. The van der Waals surface area contributed by atoms with Crippen molar-refractivity contribution in [2.45, 2.75) is 43.6 Å². The Morgan fingerprint density at radius 3 is 2.73 bits per heavy atom. The lowest BCUT2D eigenvalue weighted by Gasteiger charge is -2.10. The first-order valence-electron chi connectivity index (χ1n) is 7.14. The summed E-state index contributed by atoms with van der Waals surface area (Å²) >= 11 is 7.12. The molecule has 1 atom stereocenters. The Hall–Kier alpha value is -1.53. The molecule has 0 spiro atoms.